The average molecular weight is 387 g/mol. The van der Waals surface area contributed by atoms with E-state index in [1.807, 2.05) is 0 Å². The molecule has 0 heteroatoms. The van der Waals surface area contributed by atoms with Crippen LogP contribution in [0.2, 0.25) is 0 Å². The molecule has 3 aromatic rings. The van der Waals surface area contributed by atoms with Crippen LogP contribution >= 0.6 is 0 Å². The summed E-state index contributed by atoms with van der Waals surface area (Å²) in [6.07, 6.45) is 12.3. The van der Waals surface area contributed by atoms with Gasteiger partial charge in [-0.3, -0.25) is 0 Å². The van der Waals surface area contributed by atoms with Crippen molar-refractivity contribution in [2.24, 2.45) is 5.92 Å². The van der Waals surface area contributed by atoms with Crippen molar-refractivity contribution in [1.82, 2.24) is 0 Å². The minimum Gasteiger partial charge on any atom is -0.0788 e. The van der Waals surface area contributed by atoms with E-state index in [9.17, 15) is 0 Å². The molecular weight excluding hydrogens is 360 g/mol. The maximum Gasteiger partial charge on any atom is 0.0637 e. The lowest BCUT2D eigenvalue weighted by molar-refractivity contribution is 0.559. The van der Waals surface area contributed by atoms with Gasteiger partial charge in [-0.1, -0.05) is 109 Å². The molecular formula is C30H26. The minimum absolute atomic E-state index is 0.246. The van der Waals surface area contributed by atoms with E-state index in [0.717, 1.165) is 0 Å². The Morgan fingerprint density at radius 2 is 1.37 bits per heavy atom. The second-order valence-corrected chi connectivity index (χ2v) is 9.06. The molecule has 3 aromatic carbocycles. The van der Waals surface area contributed by atoms with E-state index in [1.54, 1.807) is 5.56 Å². The van der Waals surface area contributed by atoms with Crippen LogP contribution in [0.15, 0.2) is 109 Å². The number of fused-ring (bicyclic) bond motifs is 3. The fourth-order valence-electron chi connectivity index (χ4n) is 6.20. The van der Waals surface area contributed by atoms with Crippen LogP contribution in [-0.4, -0.2) is 0 Å². The van der Waals surface area contributed by atoms with Crippen LogP contribution in [0.1, 0.15) is 52.1 Å². The first kappa shape index (κ1) is 17.7. The third kappa shape index (κ3) is 2.28. The molecule has 0 aliphatic heterocycles. The molecule has 3 unspecified atom stereocenters. The molecule has 0 fully saturated rings. The molecule has 3 atom stereocenters. The highest BCUT2D eigenvalue weighted by atomic mass is 14.5. The Hall–Kier alpha value is -3.12. The first-order chi connectivity index (χ1) is 14.7. The molecule has 0 spiro atoms. The van der Waals surface area contributed by atoms with Gasteiger partial charge < -0.3 is 0 Å². The predicted octanol–water partition coefficient (Wildman–Crippen LogP) is 7.21. The van der Waals surface area contributed by atoms with E-state index < -0.39 is 0 Å². The summed E-state index contributed by atoms with van der Waals surface area (Å²) in [5.74, 6) is 1.48. The highest BCUT2D eigenvalue weighted by molar-refractivity contribution is 5.67. The molecule has 0 aromatic heterocycles. The summed E-state index contributed by atoms with van der Waals surface area (Å²) in [6, 6.07) is 26.9. The summed E-state index contributed by atoms with van der Waals surface area (Å²) in [4.78, 5) is 0. The van der Waals surface area contributed by atoms with Crippen LogP contribution in [0.5, 0.6) is 0 Å². The van der Waals surface area contributed by atoms with Crippen LogP contribution < -0.4 is 0 Å². The highest BCUT2D eigenvalue weighted by Crippen LogP contribution is 2.59. The van der Waals surface area contributed by atoms with E-state index in [1.165, 1.54) is 33.4 Å². The quantitative estimate of drug-likeness (QED) is 0.408. The largest absolute Gasteiger partial charge is 0.0788 e. The number of allylic oxidation sites excluding steroid dienone is 6. The van der Waals surface area contributed by atoms with Gasteiger partial charge in [0.05, 0.1) is 5.41 Å². The summed E-state index contributed by atoms with van der Waals surface area (Å²) < 4.78 is 0. The fourth-order valence-corrected chi connectivity index (χ4v) is 6.20. The van der Waals surface area contributed by atoms with Crippen LogP contribution in [0.3, 0.4) is 0 Å². The van der Waals surface area contributed by atoms with Gasteiger partial charge >= 0.3 is 0 Å². The second kappa shape index (κ2) is 6.44. The molecule has 0 amide bonds. The van der Waals surface area contributed by atoms with Crippen molar-refractivity contribution >= 4 is 0 Å². The number of rotatable bonds is 2. The van der Waals surface area contributed by atoms with Crippen molar-refractivity contribution < 1.29 is 0 Å². The minimum atomic E-state index is -0.246. The predicted molar refractivity (Wildman–Crippen MR) is 125 cm³/mol. The van der Waals surface area contributed by atoms with Crippen molar-refractivity contribution in [3.05, 3.63) is 142 Å². The monoisotopic (exact) mass is 386 g/mol. The summed E-state index contributed by atoms with van der Waals surface area (Å²) in [7, 11) is 0. The van der Waals surface area contributed by atoms with Crippen LogP contribution in [0, 0.1) is 12.8 Å². The summed E-state index contributed by atoms with van der Waals surface area (Å²) >= 11 is 0. The first-order valence-electron chi connectivity index (χ1n) is 11.0. The summed E-state index contributed by atoms with van der Waals surface area (Å²) in [5, 5.41) is 0. The second-order valence-electron chi connectivity index (χ2n) is 9.06. The van der Waals surface area contributed by atoms with Crippen LogP contribution in [0.25, 0.3) is 0 Å². The molecule has 0 nitrogen and oxygen atoms in total. The van der Waals surface area contributed by atoms with Gasteiger partial charge in [0, 0.05) is 11.8 Å². The van der Waals surface area contributed by atoms with E-state index in [-0.39, 0.29) is 5.41 Å². The van der Waals surface area contributed by atoms with Crippen molar-refractivity contribution in [2.45, 2.75) is 31.1 Å². The Balaban J connectivity index is 1.70. The lowest BCUT2D eigenvalue weighted by Crippen LogP contribution is -2.32. The Labute approximate surface area is 179 Å². The van der Waals surface area contributed by atoms with Gasteiger partial charge in [-0.2, -0.15) is 0 Å². The topological polar surface area (TPSA) is 0 Å². The molecule has 3 aliphatic rings. The number of hydrogen-bond acceptors (Lipinski definition) is 0. The van der Waals surface area contributed by atoms with Crippen LogP contribution in [-0.2, 0) is 5.41 Å². The third-order valence-electron chi connectivity index (χ3n) is 7.44. The zero-order valence-electron chi connectivity index (χ0n) is 17.5. The van der Waals surface area contributed by atoms with Crippen molar-refractivity contribution in [3.8, 4) is 0 Å². The molecule has 0 N–H and O–H groups in total. The first-order valence-corrected chi connectivity index (χ1v) is 11.0. The lowest BCUT2D eigenvalue weighted by atomic mass is 9.62. The molecule has 0 heterocycles. The summed E-state index contributed by atoms with van der Waals surface area (Å²) in [6.45, 7) is 4.53. The zero-order valence-corrected chi connectivity index (χ0v) is 17.5. The fraction of sp³-hybridized carbons (Fsp3) is 0.200. The van der Waals surface area contributed by atoms with E-state index in [0.29, 0.717) is 17.8 Å². The van der Waals surface area contributed by atoms with Gasteiger partial charge in [0.15, 0.2) is 0 Å². The van der Waals surface area contributed by atoms with Gasteiger partial charge in [-0.25, -0.2) is 0 Å². The highest BCUT2D eigenvalue weighted by Gasteiger charge is 2.48. The van der Waals surface area contributed by atoms with Gasteiger partial charge in [-0.15, -0.1) is 0 Å². The number of benzene rings is 3. The smallest absolute Gasteiger partial charge is 0.0637 e. The van der Waals surface area contributed by atoms with Gasteiger partial charge in [-0.05, 0) is 53.1 Å². The summed E-state index contributed by atoms with van der Waals surface area (Å²) in [5.41, 5.74) is 9.81. The van der Waals surface area contributed by atoms with Crippen molar-refractivity contribution in [3.63, 3.8) is 0 Å². The molecule has 3 aliphatic carbocycles. The molecule has 0 radical (unpaired) electrons. The molecule has 0 saturated heterocycles. The lowest BCUT2D eigenvalue weighted by Gasteiger charge is -2.40. The molecule has 0 bridgehead atoms. The van der Waals surface area contributed by atoms with E-state index >= 15 is 0 Å². The van der Waals surface area contributed by atoms with Gasteiger partial charge in [0.1, 0.15) is 0 Å². The maximum absolute atomic E-state index is 2.51. The third-order valence-corrected chi connectivity index (χ3v) is 7.44. The Morgan fingerprint density at radius 3 is 2.03 bits per heavy atom. The normalized spacial score (nSPS) is 24.9. The Bertz CT molecular complexity index is 1170. The maximum atomic E-state index is 2.51. The molecule has 30 heavy (non-hydrogen) atoms. The number of aryl methyl sites for hydroxylation is 1. The van der Waals surface area contributed by atoms with Crippen LogP contribution in [0.4, 0.5) is 0 Å². The Morgan fingerprint density at radius 1 is 0.700 bits per heavy atom. The molecule has 0 saturated carbocycles. The van der Waals surface area contributed by atoms with Gasteiger partial charge in [0.25, 0.3) is 0 Å². The van der Waals surface area contributed by atoms with E-state index in [4.69, 9.17) is 0 Å². The zero-order chi connectivity index (χ0) is 20.3. The Kier molecular flexibility index (Phi) is 3.80. The SMILES string of the molecule is CC1=CC2C(C=C1)c1ccc(C)c3c1C2C=CC3(c1ccccc1)c1ccccc1. The van der Waals surface area contributed by atoms with Crippen molar-refractivity contribution in [1.29, 1.82) is 0 Å². The number of hydrogen-bond donors (Lipinski definition) is 0. The van der Waals surface area contributed by atoms with E-state index in [2.05, 4.69) is 117 Å². The standard InChI is InChI=1S/C30H26/c1-20-13-15-24-25-16-14-21(2)29-28(25)26(27(24)19-20)17-18-30(29,22-9-5-3-6-10-22)23-11-7-4-8-12-23/h3-19,24,26-27H,1-2H3. The molecule has 146 valence electrons. The molecule has 6 rings (SSSR count). The van der Waals surface area contributed by atoms with Crippen molar-refractivity contribution in [2.75, 3.05) is 0 Å². The van der Waals surface area contributed by atoms with Gasteiger partial charge in [0.2, 0.25) is 0 Å². The average Bonchev–Trinajstić information content (AvgIpc) is 3.11.